The van der Waals surface area contributed by atoms with Crippen molar-refractivity contribution in [3.8, 4) is 0 Å². The highest BCUT2D eigenvalue weighted by Crippen LogP contribution is 2.65. The van der Waals surface area contributed by atoms with Gasteiger partial charge in [0.1, 0.15) is 0 Å². The Morgan fingerprint density at radius 3 is 2.37 bits per heavy atom. The van der Waals surface area contributed by atoms with Crippen molar-refractivity contribution in [2.75, 3.05) is 6.54 Å². The Balaban J connectivity index is 1.67. The fraction of sp³-hybridized carbons (Fsp3) is 0.857. The second-order valence-electron chi connectivity index (χ2n) is 7.03. The highest BCUT2D eigenvalue weighted by Gasteiger charge is 2.57. The normalized spacial score (nSPS) is 43.2. The van der Waals surface area contributed by atoms with Crippen LogP contribution in [0.15, 0.2) is 0 Å². The Bertz CT molecular complexity index is 410. The Morgan fingerprint density at radius 1 is 1.21 bits per heavy atom. The lowest BCUT2D eigenvalue weighted by atomic mass is 9.48. The SMILES string of the molecule is NC(=O)CNC(=O)CC12CC3CC(CC(Br)(C3)C1)C2. The molecule has 4 aliphatic rings. The maximum absolute atomic E-state index is 12.0. The molecule has 3 N–H and O–H groups in total. The largest absolute Gasteiger partial charge is 0.368 e. The molecule has 0 aliphatic heterocycles. The van der Waals surface area contributed by atoms with Crippen molar-refractivity contribution in [2.24, 2.45) is 23.0 Å². The van der Waals surface area contributed by atoms with E-state index in [9.17, 15) is 9.59 Å². The van der Waals surface area contributed by atoms with Crippen molar-refractivity contribution in [2.45, 2.75) is 49.3 Å². The zero-order valence-corrected chi connectivity index (χ0v) is 12.7. The fourth-order valence-corrected chi connectivity index (χ4v) is 6.64. The Morgan fingerprint density at radius 2 is 1.84 bits per heavy atom. The predicted molar refractivity (Wildman–Crippen MR) is 75.6 cm³/mol. The van der Waals surface area contributed by atoms with Gasteiger partial charge in [-0.2, -0.15) is 0 Å². The first-order valence-corrected chi connectivity index (χ1v) is 7.91. The molecule has 0 aromatic rings. The highest BCUT2D eigenvalue weighted by atomic mass is 79.9. The van der Waals surface area contributed by atoms with Crippen molar-refractivity contribution in [1.29, 1.82) is 0 Å². The summed E-state index contributed by atoms with van der Waals surface area (Å²) in [6.07, 6.45) is 7.92. The molecule has 19 heavy (non-hydrogen) atoms. The zero-order valence-electron chi connectivity index (χ0n) is 11.1. The molecule has 0 aromatic heterocycles. The van der Waals surface area contributed by atoms with Crippen LogP contribution in [0.2, 0.25) is 0 Å². The number of primary amides is 1. The third-order valence-electron chi connectivity index (χ3n) is 5.11. The van der Waals surface area contributed by atoms with Crippen molar-refractivity contribution >= 4 is 27.7 Å². The Labute approximate surface area is 122 Å². The van der Waals surface area contributed by atoms with Crippen molar-refractivity contribution in [3.05, 3.63) is 0 Å². The van der Waals surface area contributed by atoms with Crippen LogP contribution < -0.4 is 11.1 Å². The van der Waals surface area contributed by atoms with Crippen LogP contribution >= 0.6 is 15.9 Å². The summed E-state index contributed by atoms with van der Waals surface area (Å²) >= 11 is 3.94. The van der Waals surface area contributed by atoms with Gasteiger partial charge < -0.3 is 11.1 Å². The molecule has 4 aliphatic carbocycles. The molecule has 4 bridgehead atoms. The van der Waals surface area contributed by atoms with E-state index >= 15 is 0 Å². The van der Waals surface area contributed by atoms with Gasteiger partial charge in [-0.3, -0.25) is 9.59 Å². The first-order valence-electron chi connectivity index (χ1n) is 7.12. The summed E-state index contributed by atoms with van der Waals surface area (Å²) in [5.74, 6) is 1.07. The van der Waals surface area contributed by atoms with Gasteiger partial charge in [0.05, 0.1) is 6.54 Å². The number of rotatable bonds is 4. The molecule has 4 rings (SSSR count). The molecule has 4 fully saturated rings. The summed E-state index contributed by atoms with van der Waals surface area (Å²) in [6.45, 7) is -0.0405. The number of carbonyl (C=O) groups is 2. The molecule has 2 atom stereocenters. The smallest absolute Gasteiger partial charge is 0.236 e. The van der Waals surface area contributed by atoms with Crippen LogP contribution in [-0.4, -0.2) is 22.7 Å². The topological polar surface area (TPSA) is 72.2 Å². The van der Waals surface area contributed by atoms with Gasteiger partial charge in [-0.05, 0) is 55.8 Å². The van der Waals surface area contributed by atoms with Crippen molar-refractivity contribution < 1.29 is 9.59 Å². The van der Waals surface area contributed by atoms with Gasteiger partial charge in [-0.1, -0.05) is 15.9 Å². The van der Waals surface area contributed by atoms with E-state index in [0.29, 0.717) is 6.42 Å². The third-order valence-corrected chi connectivity index (χ3v) is 6.03. The first-order chi connectivity index (χ1) is 8.88. The zero-order chi connectivity index (χ0) is 13.7. The summed E-state index contributed by atoms with van der Waals surface area (Å²) in [5, 5.41) is 2.64. The average Bonchev–Trinajstić information content (AvgIpc) is 2.21. The van der Waals surface area contributed by atoms with Crippen LogP contribution in [0, 0.1) is 17.3 Å². The minimum absolute atomic E-state index is 0.0168. The van der Waals surface area contributed by atoms with E-state index in [1.165, 1.54) is 32.1 Å². The van der Waals surface area contributed by atoms with Crippen LogP contribution in [0.25, 0.3) is 0 Å². The molecule has 0 aromatic carbocycles. The van der Waals surface area contributed by atoms with Crippen molar-refractivity contribution in [1.82, 2.24) is 5.32 Å². The number of hydrogen-bond acceptors (Lipinski definition) is 2. The molecule has 106 valence electrons. The lowest BCUT2D eigenvalue weighted by Crippen LogP contribution is -2.54. The molecule has 4 saturated carbocycles. The van der Waals surface area contributed by atoms with Gasteiger partial charge in [-0.25, -0.2) is 0 Å². The lowest BCUT2D eigenvalue weighted by molar-refractivity contribution is -0.130. The summed E-state index contributed by atoms with van der Waals surface area (Å²) in [6, 6.07) is 0. The molecular formula is C14H21BrN2O2. The van der Waals surface area contributed by atoms with E-state index in [2.05, 4.69) is 21.2 Å². The molecule has 2 unspecified atom stereocenters. The molecule has 0 radical (unpaired) electrons. The van der Waals surface area contributed by atoms with Crippen molar-refractivity contribution in [3.63, 3.8) is 0 Å². The summed E-state index contributed by atoms with van der Waals surface area (Å²) in [7, 11) is 0. The minimum atomic E-state index is -0.476. The van der Waals surface area contributed by atoms with Crippen LogP contribution in [-0.2, 0) is 9.59 Å². The Kier molecular flexibility index (Phi) is 3.15. The van der Waals surface area contributed by atoms with Gasteiger partial charge in [0.25, 0.3) is 0 Å². The van der Waals surface area contributed by atoms with E-state index < -0.39 is 5.91 Å². The molecular weight excluding hydrogens is 308 g/mol. The van der Waals surface area contributed by atoms with E-state index in [0.717, 1.165) is 18.3 Å². The van der Waals surface area contributed by atoms with Gasteiger partial charge in [0.15, 0.2) is 0 Å². The predicted octanol–water partition coefficient (Wildman–Crippen LogP) is 1.71. The monoisotopic (exact) mass is 328 g/mol. The molecule has 4 nitrogen and oxygen atoms in total. The second kappa shape index (κ2) is 4.47. The molecule has 0 saturated heterocycles. The summed E-state index contributed by atoms with van der Waals surface area (Å²) in [5.41, 5.74) is 5.22. The Hall–Kier alpha value is -0.580. The van der Waals surface area contributed by atoms with E-state index in [4.69, 9.17) is 5.73 Å². The minimum Gasteiger partial charge on any atom is -0.368 e. The molecule has 2 amide bonds. The van der Waals surface area contributed by atoms with Crippen LogP contribution in [0.4, 0.5) is 0 Å². The number of nitrogens with one attached hydrogen (secondary N) is 1. The number of amides is 2. The van der Waals surface area contributed by atoms with Crippen LogP contribution in [0.5, 0.6) is 0 Å². The molecule has 0 heterocycles. The summed E-state index contributed by atoms with van der Waals surface area (Å²) < 4.78 is 0.279. The number of hydrogen-bond donors (Lipinski definition) is 2. The second-order valence-corrected chi connectivity index (χ2v) is 8.71. The lowest BCUT2D eigenvalue weighted by Gasteiger charge is -2.60. The summed E-state index contributed by atoms with van der Waals surface area (Å²) in [4.78, 5) is 22.7. The number of halogens is 1. The molecule has 5 heteroatoms. The van der Waals surface area contributed by atoms with Gasteiger partial charge in [0, 0.05) is 10.7 Å². The number of alkyl halides is 1. The standard InChI is InChI=1S/C14H21BrN2O2/c15-14-4-9-1-10(5-14)3-13(2-9,8-14)6-12(19)17-7-11(16)18/h9-10H,1-8H2,(H2,16,18)(H,17,19). The maximum Gasteiger partial charge on any atom is 0.236 e. The fourth-order valence-electron chi connectivity index (χ4n) is 5.13. The van der Waals surface area contributed by atoms with E-state index in [-0.39, 0.29) is 22.2 Å². The van der Waals surface area contributed by atoms with Gasteiger partial charge in [-0.15, -0.1) is 0 Å². The van der Waals surface area contributed by atoms with E-state index in [1.807, 2.05) is 0 Å². The van der Waals surface area contributed by atoms with E-state index in [1.54, 1.807) is 0 Å². The maximum atomic E-state index is 12.0. The van der Waals surface area contributed by atoms with Crippen LogP contribution in [0.1, 0.15) is 44.9 Å². The molecule has 0 spiro atoms. The quantitative estimate of drug-likeness (QED) is 0.771. The number of nitrogens with two attached hydrogens (primary N) is 1. The first kappa shape index (κ1) is 13.4. The average molecular weight is 329 g/mol. The third kappa shape index (κ3) is 2.67. The van der Waals surface area contributed by atoms with Gasteiger partial charge >= 0.3 is 0 Å². The van der Waals surface area contributed by atoms with Crippen LogP contribution in [0.3, 0.4) is 0 Å². The van der Waals surface area contributed by atoms with Gasteiger partial charge in [0.2, 0.25) is 11.8 Å². The highest BCUT2D eigenvalue weighted by molar-refractivity contribution is 9.10. The number of carbonyl (C=O) groups excluding carboxylic acids is 2.